The molecule has 0 aliphatic heterocycles. The molecule has 0 saturated carbocycles. The number of amides is 1. The van der Waals surface area contributed by atoms with Gasteiger partial charge in [-0.2, -0.15) is 0 Å². The highest BCUT2D eigenvalue weighted by Gasteiger charge is 2.15. The molecule has 0 fully saturated rings. The van der Waals surface area contributed by atoms with Crippen molar-refractivity contribution in [1.82, 2.24) is 4.90 Å². The highest BCUT2D eigenvalue weighted by atomic mass is 79.9. The number of hydrogen-bond donors (Lipinski definition) is 1. The molecule has 0 atom stereocenters. The van der Waals surface area contributed by atoms with Crippen LogP contribution >= 0.6 is 44.1 Å². The predicted octanol–water partition coefficient (Wildman–Crippen LogP) is 2.57. The van der Waals surface area contributed by atoms with E-state index in [0.717, 1.165) is 8.95 Å². The third kappa shape index (κ3) is 3.54. The maximum absolute atomic E-state index is 12.0. The summed E-state index contributed by atoms with van der Waals surface area (Å²) >= 11 is 11.4. The van der Waals surface area contributed by atoms with Crippen LogP contribution < -0.4 is 5.73 Å². The lowest BCUT2D eigenvalue weighted by Gasteiger charge is -2.17. The molecule has 0 heterocycles. The van der Waals surface area contributed by atoms with Crippen LogP contribution in [-0.2, 0) is 0 Å². The summed E-state index contributed by atoms with van der Waals surface area (Å²) in [4.78, 5) is 13.8. The third-order valence-electron chi connectivity index (χ3n) is 1.90. The van der Waals surface area contributed by atoms with E-state index in [9.17, 15) is 4.79 Å². The molecular formula is C10H10Br2N2OS. The van der Waals surface area contributed by atoms with Crippen LogP contribution in [0.4, 0.5) is 0 Å². The van der Waals surface area contributed by atoms with Crippen LogP contribution in [0.2, 0.25) is 0 Å². The Hall–Kier alpha value is -0.460. The Morgan fingerprint density at radius 1 is 1.50 bits per heavy atom. The summed E-state index contributed by atoms with van der Waals surface area (Å²) in [5, 5.41) is 0. The fourth-order valence-electron chi connectivity index (χ4n) is 1.17. The second-order valence-corrected chi connectivity index (χ2v) is 5.55. The predicted molar refractivity (Wildman–Crippen MR) is 75.6 cm³/mol. The third-order valence-corrected chi connectivity index (χ3v) is 3.21. The average Bonchev–Trinajstić information content (AvgIpc) is 2.19. The quantitative estimate of drug-likeness (QED) is 0.837. The first kappa shape index (κ1) is 13.6. The van der Waals surface area contributed by atoms with Crippen molar-refractivity contribution >= 4 is 55.0 Å². The molecule has 0 aliphatic rings. The Kier molecular flexibility index (Phi) is 4.89. The lowest BCUT2D eigenvalue weighted by atomic mass is 10.2. The highest BCUT2D eigenvalue weighted by Crippen LogP contribution is 2.22. The fraction of sp³-hybridized carbons (Fsp3) is 0.200. The van der Waals surface area contributed by atoms with Crippen LogP contribution in [0.15, 0.2) is 27.1 Å². The van der Waals surface area contributed by atoms with Crippen LogP contribution in [0.1, 0.15) is 10.4 Å². The van der Waals surface area contributed by atoms with Crippen molar-refractivity contribution < 1.29 is 4.79 Å². The van der Waals surface area contributed by atoms with Gasteiger partial charge in [0.15, 0.2) is 0 Å². The van der Waals surface area contributed by atoms with Gasteiger partial charge in [0, 0.05) is 16.0 Å². The van der Waals surface area contributed by atoms with Crippen molar-refractivity contribution in [2.45, 2.75) is 0 Å². The van der Waals surface area contributed by atoms with E-state index >= 15 is 0 Å². The van der Waals surface area contributed by atoms with Crippen LogP contribution in [-0.4, -0.2) is 29.4 Å². The van der Waals surface area contributed by atoms with Gasteiger partial charge >= 0.3 is 0 Å². The maximum atomic E-state index is 12.0. The summed E-state index contributed by atoms with van der Waals surface area (Å²) in [6.45, 7) is 0.271. The van der Waals surface area contributed by atoms with Crippen molar-refractivity contribution in [3.8, 4) is 0 Å². The summed E-state index contributed by atoms with van der Waals surface area (Å²) in [6, 6.07) is 5.42. The standard InChI is InChI=1S/C10H10Br2N2OS/c1-14(5-9(13)16)10(15)7-4-6(11)2-3-8(7)12/h2-4H,5H2,1H3,(H2,13,16). The monoisotopic (exact) mass is 364 g/mol. The number of carbonyl (C=O) groups is 1. The smallest absolute Gasteiger partial charge is 0.255 e. The molecule has 1 aromatic carbocycles. The zero-order chi connectivity index (χ0) is 12.3. The van der Waals surface area contributed by atoms with E-state index in [1.807, 2.05) is 12.1 Å². The van der Waals surface area contributed by atoms with Crippen LogP contribution in [0.25, 0.3) is 0 Å². The van der Waals surface area contributed by atoms with Gasteiger partial charge in [-0.25, -0.2) is 0 Å². The Morgan fingerprint density at radius 3 is 2.69 bits per heavy atom. The molecule has 0 radical (unpaired) electrons. The van der Waals surface area contributed by atoms with Gasteiger partial charge in [-0.3, -0.25) is 4.79 Å². The zero-order valence-electron chi connectivity index (χ0n) is 8.54. The summed E-state index contributed by atoms with van der Waals surface area (Å²) in [7, 11) is 1.66. The lowest BCUT2D eigenvalue weighted by molar-refractivity contribution is 0.0814. The molecule has 0 saturated heterocycles. The summed E-state index contributed by atoms with van der Waals surface area (Å²) in [6.07, 6.45) is 0. The second-order valence-electron chi connectivity index (χ2n) is 3.25. The van der Waals surface area contributed by atoms with E-state index in [-0.39, 0.29) is 12.5 Å². The van der Waals surface area contributed by atoms with E-state index in [2.05, 4.69) is 31.9 Å². The van der Waals surface area contributed by atoms with E-state index in [1.54, 1.807) is 13.1 Å². The van der Waals surface area contributed by atoms with Crippen molar-refractivity contribution in [3.63, 3.8) is 0 Å². The van der Waals surface area contributed by atoms with E-state index in [4.69, 9.17) is 18.0 Å². The van der Waals surface area contributed by atoms with Gasteiger partial charge in [-0.1, -0.05) is 28.1 Å². The molecule has 0 bridgehead atoms. The van der Waals surface area contributed by atoms with Gasteiger partial charge in [0.25, 0.3) is 5.91 Å². The number of hydrogen-bond acceptors (Lipinski definition) is 2. The van der Waals surface area contributed by atoms with Gasteiger partial charge in [0.2, 0.25) is 0 Å². The number of thiocarbonyl (C=S) groups is 1. The molecule has 6 heteroatoms. The molecule has 0 unspecified atom stereocenters. The van der Waals surface area contributed by atoms with E-state index in [1.165, 1.54) is 4.90 Å². The van der Waals surface area contributed by atoms with E-state index < -0.39 is 0 Å². The molecule has 1 aromatic rings. The Morgan fingerprint density at radius 2 is 2.12 bits per heavy atom. The maximum Gasteiger partial charge on any atom is 0.255 e. The molecule has 86 valence electrons. The van der Waals surface area contributed by atoms with Gasteiger partial charge in [-0.05, 0) is 34.1 Å². The Bertz CT molecular complexity index is 437. The van der Waals surface area contributed by atoms with Crippen molar-refractivity contribution in [3.05, 3.63) is 32.7 Å². The SMILES string of the molecule is CN(CC(N)=S)C(=O)c1cc(Br)ccc1Br. The minimum atomic E-state index is -0.124. The molecule has 3 nitrogen and oxygen atoms in total. The molecule has 1 rings (SSSR count). The normalized spacial score (nSPS) is 9.94. The first-order valence-electron chi connectivity index (χ1n) is 4.40. The number of rotatable bonds is 3. The second kappa shape index (κ2) is 5.75. The average molecular weight is 366 g/mol. The number of likely N-dealkylation sites (N-methyl/N-ethyl adjacent to an activating group) is 1. The molecule has 16 heavy (non-hydrogen) atoms. The van der Waals surface area contributed by atoms with Gasteiger partial charge in [0.05, 0.1) is 17.1 Å². The van der Waals surface area contributed by atoms with Crippen molar-refractivity contribution in [2.24, 2.45) is 5.73 Å². The van der Waals surface area contributed by atoms with Crippen LogP contribution in [0.5, 0.6) is 0 Å². The Labute approximate surface area is 116 Å². The topological polar surface area (TPSA) is 46.3 Å². The molecule has 0 spiro atoms. The minimum absolute atomic E-state index is 0.124. The minimum Gasteiger partial charge on any atom is -0.392 e. The Balaban J connectivity index is 2.95. The first-order valence-corrected chi connectivity index (χ1v) is 6.40. The number of nitrogens with zero attached hydrogens (tertiary/aromatic N) is 1. The van der Waals surface area contributed by atoms with Gasteiger partial charge in [0.1, 0.15) is 0 Å². The molecule has 1 amide bonds. The van der Waals surface area contributed by atoms with Crippen LogP contribution in [0, 0.1) is 0 Å². The molecular weight excluding hydrogens is 356 g/mol. The van der Waals surface area contributed by atoms with Gasteiger partial charge in [-0.15, -0.1) is 0 Å². The number of halogens is 2. The highest BCUT2D eigenvalue weighted by molar-refractivity contribution is 9.11. The molecule has 0 aliphatic carbocycles. The lowest BCUT2D eigenvalue weighted by Crippen LogP contribution is -2.34. The summed E-state index contributed by atoms with van der Waals surface area (Å²) in [5.74, 6) is -0.124. The first-order chi connectivity index (χ1) is 7.41. The molecule has 0 aromatic heterocycles. The number of nitrogens with two attached hydrogens (primary N) is 1. The fourth-order valence-corrected chi connectivity index (χ4v) is 2.14. The number of benzene rings is 1. The van der Waals surface area contributed by atoms with Gasteiger partial charge < -0.3 is 10.6 Å². The van der Waals surface area contributed by atoms with Crippen LogP contribution in [0.3, 0.4) is 0 Å². The van der Waals surface area contributed by atoms with E-state index in [0.29, 0.717) is 10.6 Å². The largest absolute Gasteiger partial charge is 0.392 e. The zero-order valence-corrected chi connectivity index (χ0v) is 12.5. The van der Waals surface area contributed by atoms with Crippen molar-refractivity contribution in [2.75, 3.05) is 13.6 Å². The summed E-state index contributed by atoms with van der Waals surface area (Å²) < 4.78 is 1.60. The summed E-state index contributed by atoms with van der Waals surface area (Å²) in [5.41, 5.74) is 5.97. The van der Waals surface area contributed by atoms with Crippen molar-refractivity contribution in [1.29, 1.82) is 0 Å². The number of carbonyl (C=O) groups excluding carboxylic acids is 1. The molecule has 2 N–H and O–H groups in total.